The Bertz CT molecular complexity index is 1780. The summed E-state index contributed by atoms with van der Waals surface area (Å²) >= 11 is 1.08. The van der Waals surface area contributed by atoms with Gasteiger partial charge in [-0.2, -0.15) is 5.26 Å². The van der Waals surface area contributed by atoms with Gasteiger partial charge < -0.3 is 29.4 Å². The molecule has 1 atom stereocenters. The molecule has 0 bridgehead atoms. The maximum Gasteiger partial charge on any atom is 0.337 e. The number of benzene rings is 2. The first-order chi connectivity index (χ1) is 20.0. The summed E-state index contributed by atoms with van der Waals surface area (Å²) in [7, 11) is 4.29. The van der Waals surface area contributed by atoms with E-state index in [1.54, 1.807) is 42.5 Å². The van der Waals surface area contributed by atoms with Crippen molar-refractivity contribution in [2.75, 3.05) is 21.3 Å². The van der Waals surface area contributed by atoms with Crippen LogP contribution in [0.4, 0.5) is 0 Å². The summed E-state index contributed by atoms with van der Waals surface area (Å²) in [5.74, 6) is 0.331. The van der Waals surface area contributed by atoms with E-state index in [0.29, 0.717) is 38.7 Å². The van der Waals surface area contributed by atoms with Crippen molar-refractivity contribution in [3.63, 3.8) is 0 Å². The zero-order valence-electron chi connectivity index (χ0n) is 24.5. The van der Waals surface area contributed by atoms with E-state index in [1.165, 1.54) is 25.9 Å². The van der Waals surface area contributed by atoms with E-state index in [-0.39, 0.29) is 33.8 Å². The van der Waals surface area contributed by atoms with Gasteiger partial charge in [-0.25, -0.2) is 4.79 Å². The summed E-state index contributed by atoms with van der Waals surface area (Å²) in [4.78, 5) is 27.0. The number of nitrogens with zero attached hydrogens (tertiary/aromatic N) is 2. The molecule has 2 aromatic carbocycles. The minimum Gasteiger partial charge on any atom is -0.493 e. The summed E-state index contributed by atoms with van der Waals surface area (Å²) in [6.45, 7) is 7.61. The van der Waals surface area contributed by atoms with E-state index in [2.05, 4.69) is 6.07 Å². The molecular formula is C31H33N3O7S. The summed E-state index contributed by atoms with van der Waals surface area (Å²) < 4.78 is 29.6. The molecule has 10 nitrogen and oxygen atoms in total. The number of nitriles is 1. The molecule has 1 unspecified atom stereocenters. The predicted molar refractivity (Wildman–Crippen MR) is 160 cm³/mol. The van der Waals surface area contributed by atoms with Gasteiger partial charge in [-0.05, 0) is 69.2 Å². The Balaban J connectivity index is 1.98. The number of esters is 1. The summed E-state index contributed by atoms with van der Waals surface area (Å²) in [5, 5.41) is 10.2. The molecule has 0 aliphatic carbocycles. The van der Waals surface area contributed by atoms with Crippen LogP contribution in [0.1, 0.15) is 44.7 Å². The van der Waals surface area contributed by atoms with Crippen molar-refractivity contribution in [1.82, 2.24) is 4.57 Å². The lowest BCUT2D eigenvalue weighted by atomic mass is 9.83. The molecule has 2 N–H and O–H groups in total. The number of nitrogens with two attached hydrogens (primary N) is 1. The SMILES string of the molecule is COC(=O)C1=c2s/c(=C\c3ccc(OC(C)C)c(OC)c3)c(=O)n2C(N)=C(C#N)C1c1ccc(OC(C)C)c(OC)c1. The number of thiazole rings is 1. The Morgan fingerprint density at radius 3 is 2.12 bits per heavy atom. The summed E-state index contributed by atoms with van der Waals surface area (Å²) in [6, 6.07) is 12.6. The highest BCUT2D eigenvalue weighted by Crippen LogP contribution is 2.40. The molecule has 0 radical (unpaired) electrons. The number of rotatable bonds is 9. The zero-order chi connectivity index (χ0) is 30.7. The number of aromatic nitrogens is 1. The van der Waals surface area contributed by atoms with Crippen LogP contribution in [-0.4, -0.2) is 44.1 Å². The van der Waals surface area contributed by atoms with Gasteiger partial charge in [0.15, 0.2) is 23.0 Å². The van der Waals surface area contributed by atoms with Crippen LogP contribution in [0, 0.1) is 11.3 Å². The molecule has 0 fully saturated rings. The van der Waals surface area contributed by atoms with E-state index in [1.807, 2.05) is 27.7 Å². The van der Waals surface area contributed by atoms with Crippen LogP contribution in [0.3, 0.4) is 0 Å². The molecule has 1 aromatic heterocycles. The number of carbonyl (C=O) groups is 1. The van der Waals surface area contributed by atoms with Crippen molar-refractivity contribution in [2.24, 2.45) is 5.73 Å². The molecule has 0 amide bonds. The number of fused-ring (bicyclic) bond motifs is 1. The normalized spacial score (nSPS) is 15.0. The monoisotopic (exact) mass is 591 g/mol. The van der Waals surface area contributed by atoms with Crippen LogP contribution < -0.4 is 39.4 Å². The topological polar surface area (TPSA) is 135 Å². The molecule has 2 heterocycles. The van der Waals surface area contributed by atoms with Gasteiger partial charge in [0.2, 0.25) is 0 Å². The fraction of sp³-hybridized carbons (Fsp3) is 0.323. The van der Waals surface area contributed by atoms with E-state index in [9.17, 15) is 14.9 Å². The second-order valence-electron chi connectivity index (χ2n) is 9.96. The minimum atomic E-state index is -0.914. The summed E-state index contributed by atoms with van der Waals surface area (Å²) in [6.07, 6.45) is 1.52. The number of ether oxygens (including phenoxy) is 5. The third-order valence-electron chi connectivity index (χ3n) is 6.41. The highest BCUT2D eigenvalue weighted by Gasteiger charge is 2.36. The van der Waals surface area contributed by atoms with Crippen LogP contribution in [0.2, 0.25) is 0 Å². The molecule has 3 aromatic rings. The minimum absolute atomic E-state index is 0.0331. The standard InChI is InChI=1S/C31H33N3O7S/c1-16(2)40-21-10-8-18(12-23(21)37-5)13-25-29(35)34-28(33)20(15-32)26(27(30(34)42-25)31(36)39-7)19-9-11-22(41-17(3)4)24(14-19)38-6/h8-14,16-17,26H,33H2,1-7H3/b25-13-. The molecule has 42 heavy (non-hydrogen) atoms. The van der Waals surface area contributed by atoms with Gasteiger partial charge in [0, 0.05) is 0 Å². The lowest BCUT2D eigenvalue weighted by Gasteiger charge is -2.25. The van der Waals surface area contributed by atoms with E-state index < -0.39 is 17.4 Å². The number of hydrogen-bond donors (Lipinski definition) is 1. The lowest BCUT2D eigenvalue weighted by molar-refractivity contribution is -0.134. The lowest BCUT2D eigenvalue weighted by Crippen LogP contribution is -2.40. The summed E-state index contributed by atoms with van der Waals surface area (Å²) in [5.41, 5.74) is 7.37. The number of methoxy groups -OCH3 is 3. The van der Waals surface area contributed by atoms with Gasteiger partial charge in [0.1, 0.15) is 10.5 Å². The maximum absolute atomic E-state index is 13.7. The van der Waals surface area contributed by atoms with Gasteiger partial charge >= 0.3 is 5.97 Å². The highest BCUT2D eigenvalue weighted by atomic mass is 32.1. The van der Waals surface area contributed by atoms with Gasteiger partial charge in [-0.3, -0.25) is 9.36 Å². The molecule has 0 saturated carbocycles. The van der Waals surface area contributed by atoms with Crippen LogP contribution in [0.25, 0.3) is 17.5 Å². The fourth-order valence-corrected chi connectivity index (χ4v) is 5.84. The van der Waals surface area contributed by atoms with Crippen LogP contribution >= 0.6 is 11.3 Å². The smallest absolute Gasteiger partial charge is 0.337 e. The average Bonchev–Trinajstić information content (AvgIpc) is 3.28. The maximum atomic E-state index is 13.7. The van der Waals surface area contributed by atoms with Crippen molar-refractivity contribution in [3.8, 4) is 29.1 Å². The first-order valence-corrected chi connectivity index (χ1v) is 14.0. The first-order valence-electron chi connectivity index (χ1n) is 13.2. The number of carbonyl (C=O) groups excluding carboxylic acids is 1. The quantitative estimate of drug-likeness (QED) is 0.373. The van der Waals surface area contributed by atoms with Gasteiger partial charge in [-0.1, -0.05) is 12.1 Å². The Labute approximate surface area is 247 Å². The van der Waals surface area contributed by atoms with Crippen LogP contribution in [0.15, 0.2) is 46.8 Å². The molecule has 1 aliphatic heterocycles. The zero-order valence-corrected chi connectivity index (χ0v) is 25.3. The molecule has 1 aliphatic rings. The number of allylic oxidation sites excluding steroid dienone is 1. The Kier molecular flexibility index (Phi) is 8.97. The highest BCUT2D eigenvalue weighted by molar-refractivity contribution is 7.07. The second-order valence-corrected chi connectivity index (χ2v) is 11.0. The van der Waals surface area contributed by atoms with Gasteiger partial charge in [-0.15, -0.1) is 11.3 Å². The molecular weight excluding hydrogens is 558 g/mol. The molecule has 4 rings (SSSR count). The van der Waals surface area contributed by atoms with E-state index in [4.69, 9.17) is 29.4 Å². The fourth-order valence-electron chi connectivity index (χ4n) is 4.68. The van der Waals surface area contributed by atoms with Gasteiger partial charge in [0.05, 0.1) is 61.2 Å². The Hall–Kier alpha value is -4.69. The van der Waals surface area contributed by atoms with Crippen molar-refractivity contribution >= 4 is 34.8 Å². The first kappa shape index (κ1) is 30.3. The number of hydrogen-bond acceptors (Lipinski definition) is 10. The molecule has 11 heteroatoms. The van der Waals surface area contributed by atoms with E-state index >= 15 is 0 Å². The van der Waals surface area contributed by atoms with Crippen molar-refractivity contribution in [1.29, 1.82) is 5.26 Å². The molecule has 0 spiro atoms. The van der Waals surface area contributed by atoms with Gasteiger partial charge in [0.25, 0.3) is 5.56 Å². The third-order valence-corrected chi connectivity index (χ3v) is 7.51. The average molecular weight is 592 g/mol. The van der Waals surface area contributed by atoms with E-state index in [0.717, 1.165) is 11.3 Å². The van der Waals surface area contributed by atoms with Crippen molar-refractivity contribution in [2.45, 2.75) is 45.8 Å². The van der Waals surface area contributed by atoms with Crippen LogP contribution in [0.5, 0.6) is 23.0 Å². The third kappa shape index (κ3) is 5.71. The molecule has 220 valence electrons. The Morgan fingerprint density at radius 1 is 0.976 bits per heavy atom. The van der Waals surface area contributed by atoms with Crippen molar-refractivity contribution in [3.05, 3.63) is 72.6 Å². The Morgan fingerprint density at radius 2 is 1.57 bits per heavy atom. The second kappa shape index (κ2) is 12.4. The van der Waals surface area contributed by atoms with Crippen molar-refractivity contribution < 1.29 is 28.5 Å². The van der Waals surface area contributed by atoms with Crippen LogP contribution in [-0.2, 0) is 9.53 Å². The predicted octanol–water partition coefficient (Wildman–Crippen LogP) is 3.10. The largest absolute Gasteiger partial charge is 0.493 e. The molecule has 0 saturated heterocycles.